The van der Waals surface area contributed by atoms with Crippen LogP contribution in [0.3, 0.4) is 0 Å². The number of hydrogen-bond donors (Lipinski definition) is 0. The molecule has 0 radical (unpaired) electrons. The lowest BCUT2D eigenvalue weighted by Gasteiger charge is -2.18. The van der Waals surface area contributed by atoms with Crippen molar-refractivity contribution in [1.82, 2.24) is 0 Å². The van der Waals surface area contributed by atoms with E-state index in [1.807, 2.05) is 0 Å². The molecule has 0 aliphatic carbocycles. The van der Waals surface area contributed by atoms with E-state index in [1.165, 1.54) is 12.8 Å². The van der Waals surface area contributed by atoms with Gasteiger partial charge in [-0.2, -0.15) is 0 Å². The molecule has 0 aliphatic heterocycles. The van der Waals surface area contributed by atoms with Crippen molar-refractivity contribution in [3.63, 3.8) is 0 Å². The lowest BCUT2D eigenvalue weighted by atomic mass is 10.1. The van der Waals surface area contributed by atoms with Crippen molar-refractivity contribution in [1.29, 1.82) is 0 Å². The number of ether oxygens (including phenoxy) is 3. The standard InChI is InChI=1S/C59H92O6/c1-4-7-10-13-16-19-22-25-27-29-30-31-33-34-37-40-43-46-49-52-58(61)64-55-56(54-63-57(60)51-48-45-42-39-36-24-21-18-15-12-9-6-3)65-59(62)53-50-47-44-41-38-35-32-28-26-23-20-17-14-11-8-5-2/h7-12,16-21,25-28,30-31,34,36-37,39,56H,4-6,13-15,22-24,29,32-33,35,38,40-55H2,1-3H3/b10-7-,11-8-,12-9-,19-16-,20-17-,21-18-,27-25-,28-26-,31-30-,37-34-,39-36-. The van der Waals surface area contributed by atoms with Crippen molar-refractivity contribution < 1.29 is 28.6 Å². The maximum Gasteiger partial charge on any atom is 0.306 e. The number of unbranched alkanes of at least 4 members (excludes halogenated alkanes) is 11. The topological polar surface area (TPSA) is 78.9 Å². The summed E-state index contributed by atoms with van der Waals surface area (Å²) in [5, 5.41) is 0. The summed E-state index contributed by atoms with van der Waals surface area (Å²) in [5.74, 6) is -1.01. The molecule has 0 saturated carbocycles. The smallest absolute Gasteiger partial charge is 0.306 e. The van der Waals surface area contributed by atoms with Gasteiger partial charge in [0.05, 0.1) is 0 Å². The van der Waals surface area contributed by atoms with Crippen LogP contribution in [0.2, 0.25) is 0 Å². The first-order chi connectivity index (χ1) is 32.0. The van der Waals surface area contributed by atoms with E-state index in [4.69, 9.17) is 14.2 Å². The second-order valence-corrected chi connectivity index (χ2v) is 16.3. The number of carbonyl (C=O) groups is 3. The largest absolute Gasteiger partial charge is 0.462 e. The zero-order valence-electron chi connectivity index (χ0n) is 41.4. The fourth-order valence-corrected chi connectivity index (χ4v) is 6.38. The van der Waals surface area contributed by atoms with E-state index in [-0.39, 0.29) is 31.1 Å². The molecular formula is C59H92O6. The third-order valence-corrected chi connectivity index (χ3v) is 10.1. The van der Waals surface area contributed by atoms with Gasteiger partial charge in [-0.05, 0) is 128 Å². The Morgan fingerprint density at radius 3 is 0.908 bits per heavy atom. The number of allylic oxidation sites excluding steroid dienone is 22. The molecule has 0 aromatic rings. The highest BCUT2D eigenvalue weighted by Gasteiger charge is 2.19. The Morgan fingerprint density at radius 1 is 0.308 bits per heavy atom. The SMILES string of the molecule is CC/C=C\C/C=C\C/C=C\C/C=C\C/C=C\CCCCCC(=O)OCC(COC(=O)CCCC/C=C\C/C=C\C/C=C\CC)OC(=O)CCCCCCCC/C=C\C/C=C\C/C=C\CC. The Labute approximate surface area is 398 Å². The molecule has 0 rings (SSSR count). The minimum Gasteiger partial charge on any atom is -0.462 e. The van der Waals surface area contributed by atoms with Crippen molar-refractivity contribution in [3.8, 4) is 0 Å². The van der Waals surface area contributed by atoms with Gasteiger partial charge in [0, 0.05) is 19.3 Å². The van der Waals surface area contributed by atoms with Crippen LogP contribution in [0.4, 0.5) is 0 Å². The first-order valence-electron chi connectivity index (χ1n) is 25.7. The fourth-order valence-electron chi connectivity index (χ4n) is 6.38. The van der Waals surface area contributed by atoms with Gasteiger partial charge in [-0.3, -0.25) is 14.4 Å². The second kappa shape index (κ2) is 52.2. The van der Waals surface area contributed by atoms with Crippen LogP contribution < -0.4 is 0 Å². The Kier molecular flexibility index (Phi) is 48.6. The van der Waals surface area contributed by atoms with Crippen molar-refractivity contribution in [2.75, 3.05) is 13.2 Å². The lowest BCUT2D eigenvalue weighted by Crippen LogP contribution is -2.30. The third kappa shape index (κ3) is 50.4. The van der Waals surface area contributed by atoms with Crippen LogP contribution in [0.15, 0.2) is 134 Å². The monoisotopic (exact) mass is 897 g/mol. The quantitative estimate of drug-likeness (QED) is 0.0262. The number of rotatable bonds is 44. The Bertz CT molecular complexity index is 1450. The van der Waals surface area contributed by atoms with E-state index in [1.54, 1.807) is 0 Å². The van der Waals surface area contributed by atoms with Crippen molar-refractivity contribution in [3.05, 3.63) is 134 Å². The maximum atomic E-state index is 12.8. The van der Waals surface area contributed by atoms with Crippen molar-refractivity contribution >= 4 is 17.9 Å². The molecule has 0 amide bonds. The zero-order chi connectivity index (χ0) is 47.2. The molecule has 0 heterocycles. The first kappa shape index (κ1) is 60.5. The number of esters is 3. The summed E-state index contributed by atoms with van der Waals surface area (Å²) in [6.07, 6.45) is 73.0. The van der Waals surface area contributed by atoms with Gasteiger partial charge < -0.3 is 14.2 Å². The second-order valence-electron chi connectivity index (χ2n) is 16.3. The molecule has 0 fully saturated rings. The van der Waals surface area contributed by atoms with E-state index in [9.17, 15) is 14.4 Å². The molecule has 0 aromatic carbocycles. The van der Waals surface area contributed by atoms with Gasteiger partial charge in [0.15, 0.2) is 6.10 Å². The molecule has 0 N–H and O–H groups in total. The summed E-state index contributed by atoms with van der Waals surface area (Å²) in [5.41, 5.74) is 0. The van der Waals surface area contributed by atoms with Gasteiger partial charge in [-0.25, -0.2) is 0 Å². The van der Waals surface area contributed by atoms with Crippen LogP contribution in [0.5, 0.6) is 0 Å². The molecule has 1 unspecified atom stereocenters. The molecule has 65 heavy (non-hydrogen) atoms. The average Bonchev–Trinajstić information content (AvgIpc) is 3.30. The number of carbonyl (C=O) groups excluding carboxylic acids is 3. The molecule has 0 aromatic heterocycles. The van der Waals surface area contributed by atoms with Gasteiger partial charge in [-0.15, -0.1) is 0 Å². The molecule has 1 atom stereocenters. The summed E-state index contributed by atoms with van der Waals surface area (Å²) in [6, 6.07) is 0. The van der Waals surface area contributed by atoms with Gasteiger partial charge in [0.2, 0.25) is 0 Å². The highest BCUT2D eigenvalue weighted by atomic mass is 16.6. The predicted octanol–water partition coefficient (Wildman–Crippen LogP) is 17.1. The summed E-state index contributed by atoms with van der Waals surface area (Å²) in [4.78, 5) is 38.0. The maximum absolute atomic E-state index is 12.8. The highest BCUT2D eigenvalue weighted by molar-refractivity contribution is 5.71. The Morgan fingerprint density at radius 2 is 0.554 bits per heavy atom. The van der Waals surface area contributed by atoms with E-state index in [0.717, 1.165) is 141 Å². The number of hydrogen-bond acceptors (Lipinski definition) is 6. The van der Waals surface area contributed by atoms with Gasteiger partial charge >= 0.3 is 17.9 Å². The Balaban J connectivity index is 4.52. The van der Waals surface area contributed by atoms with Crippen LogP contribution in [-0.2, 0) is 28.6 Å². The molecule has 0 bridgehead atoms. The molecule has 364 valence electrons. The summed E-state index contributed by atoms with van der Waals surface area (Å²) in [6.45, 7) is 6.20. The summed E-state index contributed by atoms with van der Waals surface area (Å²) < 4.78 is 16.7. The zero-order valence-corrected chi connectivity index (χ0v) is 41.4. The van der Waals surface area contributed by atoms with Crippen molar-refractivity contribution in [2.45, 2.75) is 207 Å². The minimum atomic E-state index is -0.819. The predicted molar refractivity (Wildman–Crippen MR) is 279 cm³/mol. The lowest BCUT2D eigenvalue weighted by molar-refractivity contribution is -0.167. The third-order valence-electron chi connectivity index (χ3n) is 10.1. The average molecular weight is 897 g/mol. The van der Waals surface area contributed by atoms with Crippen LogP contribution in [0.25, 0.3) is 0 Å². The highest BCUT2D eigenvalue weighted by Crippen LogP contribution is 2.12. The van der Waals surface area contributed by atoms with Gasteiger partial charge in [-0.1, -0.05) is 187 Å². The minimum absolute atomic E-state index is 0.118. The summed E-state index contributed by atoms with van der Waals surface area (Å²) in [7, 11) is 0. The van der Waals surface area contributed by atoms with Crippen LogP contribution >= 0.6 is 0 Å². The molecule has 6 heteroatoms. The van der Waals surface area contributed by atoms with Crippen LogP contribution in [0.1, 0.15) is 201 Å². The molecule has 0 aliphatic rings. The van der Waals surface area contributed by atoms with Crippen LogP contribution in [-0.4, -0.2) is 37.2 Å². The van der Waals surface area contributed by atoms with Crippen molar-refractivity contribution in [2.24, 2.45) is 0 Å². The van der Waals surface area contributed by atoms with E-state index in [2.05, 4.69) is 154 Å². The van der Waals surface area contributed by atoms with E-state index >= 15 is 0 Å². The van der Waals surface area contributed by atoms with E-state index < -0.39 is 6.10 Å². The molecule has 0 saturated heterocycles. The normalized spacial score (nSPS) is 13.2. The Hall–Kier alpha value is -4.45. The molecule has 0 spiro atoms. The molecule has 6 nitrogen and oxygen atoms in total. The fraction of sp³-hybridized carbons (Fsp3) is 0.576. The van der Waals surface area contributed by atoms with Crippen LogP contribution in [0, 0.1) is 0 Å². The van der Waals surface area contributed by atoms with Gasteiger partial charge in [0.1, 0.15) is 13.2 Å². The first-order valence-corrected chi connectivity index (χ1v) is 25.7. The van der Waals surface area contributed by atoms with E-state index in [0.29, 0.717) is 25.7 Å². The molecular weight excluding hydrogens is 805 g/mol. The summed E-state index contributed by atoms with van der Waals surface area (Å²) >= 11 is 0. The van der Waals surface area contributed by atoms with Gasteiger partial charge in [0.25, 0.3) is 0 Å².